The van der Waals surface area contributed by atoms with E-state index in [4.69, 9.17) is 9.47 Å². The zero-order chi connectivity index (χ0) is 14.4. The highest BCUT2D eigenvalue weighted by Crippen LogP contribution is 2.39. The maximum Gasteiger partial charge on any atom is 0.161 e. The average Bonchev–Trinajstić information content (AvgIpc) is 2.53. The van der Waals surface area contributed by atoms with Crippen molar-refractivity contribution in [1.82, 2.24) is 0 Å². The SMILES string of the molecule is CCc1ccc(OCC2(CS)CCCCC2)c(OC)c1. The van der Waals surface area contributed by atoms with Gasteiger partial charge < -0.3 is 9.47 Å². The molecule has 0 spiro atoms. The van der Waals surface area contributed by atoms with Crippen LogP contribution < -0.4 is 9.47 Å². The largest absolute Gasteiger partial charge is 0.493 e. The molecule has 1 aliphatic carbocycles. The van der Waals surface area contributed by atoms with Crippen LogP contribution in [0.4, 0.5) is 0 Å². The van der Waals surface area contributed by atoms with Gasteiger partial charge in [0.05, 0.1) is 13.7 Å². The van der Waals surface area contributed by atoms with Gasteiger partial charge in [-0.2, -0.15) is 12.6 Å². The normalized spacial score (nSPS) is 17.8. The van der Waals surface area contributed by atoms with Crippen LogP contribution in [0, 0.1) is 5.41 Å². The quantitative estimate of drug-likeness (QED) is 0.778. The summed E-state index contributed by atoms with van der Waals surface area (Å²) in [4.78, 5) is 0. The molecule has 0 saturated heterocycles. The standard InChI is InChI=1S/C17H26O2S/c1-3-14-7-8-15(16(11-14)18-2)19-12-17(13-20)9-5-4-6-10-17/h7-8,11,20H,3-6,9-10,12-13H2,1-2H3. The van der Waals surface area contributed by atoms with E-state index in [0.717, 1.165) is 30.3 Å². The van der Waals surface area contributed by atoms with Gasteiger partial charge >= 0.3 is 0 Å². The molecular formula is C17H26O2S. The summed E-state index contributed by atoms with van der Waals surface area (Å²) >= 11 is 4.56. The molecule has 1 aromatic carbocycles. The number of methoxy groups -OCH3 is 1. The van der Waals surface area contributed by atoms with Crippen molar-refractivity contribution in [3.05, 3.63) is 23.8 Å². The smallest absolute Gasteiger partial charge is 0.161 e. The number of hydrogen-bond acceptors (Lipinski definition) is 3. The van der Waals surface area contributed by atoms with Crippen molar-refractivity contribution in [3.8, 4) is 11.5 Å². The lowest BCUT2D eigenvalue weighted by molar-refractivity contribution is 0.118. The monoisotopic (exact) mass is 294 g/mol. The Hall–Kier alpha value is -0.830. The Bertz CT molecular complexity index is 425. The van der Waals surface area contributed by atoms with Crippen LogP contribution in [0.1, 0.15) is 44.6 Å². The van der Waals surface area contributed by atoms with Crippen LogP contribution >= 0.6 is 12.6 Å². The number of rotatable bonds is 6. The van der Waals surface area contributed by atoms with E-state index in [-0.39, 0.29) is 5.41 Å². The lowest BCUT2D eigenvalue weighted by atomic mass is 9.76. The van der Waals surface area contributed by atoms with Gasteiger partial charge in [0.25, 0.3) is 0 Å². The molecule has 0 amide bonds. The minimum absolute atomic E-state index is 0.246. The molecular weight excluding hydrogens is 268 g/mol. The third-order valence-corrected chi connectivity index (χ3v) is 5.09. The highest BCUT2D eigenvalue weighted by atomic mass is 32.1. The van der Waals surface area contributed by atoms with E-state index in [1.807, 2.05) is 6.07 Å². The second-order valence-electron chi connectivity index (χ2n) is 5.85. The fourth-order valence-electron chi connectivity index (χ4n) is 2.93. The van der Waals surface area contributed by atoms with E-state index in [1.54, 1.807) is 7.11 Å². The number of aryl methyl sites for hydroxylation is 1. The van der Waals surface area contributed by atoms with Gasteiger partial charge in [-0.25, -0.2) is 0 Å². The first kappa shape index (κ1) is 15.6. The molecule has 2 nitrogen and oxygen atoms in total. The summed E-state index contributed by atoms with van der Waals surface area (Å²) in [6, 6.07) is 6.22. The first-order valence-corrected chi connectivity index (χ1v) is 8.27. The molecule has 0 N–H and O–H groups in total. The van der Waals surface area contributed by atoms with Gasteiger partial charge in [0, 0.05) is 5.41 Å². The third kappa shape index (κ3) is 3.63. The van der Waals surface area contributed by atoms with Crippen molar-refractivity contribution in [3.63, 3.8) is 0 Å². The van der Waals surface area contributed by atoms with Crippen molar-refractivity contribution in [1.29, 1.82) is 0 Å². The van der Waals surface area contributed by atoms with Gasteiger partial charge in [-0.3, -0.25) is 0 Å². The molecule has 0 bridgehead atoms. The van der Waals surface area contributed by atoms with Crippen LogP contribution in [0.15, 0.2) is 18.2 Å². The van der Waals surface area contributed by atoms with E-state index in [2.05, 4.69) is 31.7 Å². The van der Waals surface area contributed by atoms with Crippen LogP contribution in [0.2, 0.25) is 0 Å². The van der Waals surface area contributed by atoms with Gasteiger partial charge in [-0.15, -0.1) is 0 Å². The molecule has 1 aromatic rings. The van der Waals surface area contributed by atoms with Crippen molar-refractivity contribution >= 4 is 12.6 Å². The summed E-state index contributed by atoms with van der Waals surface area (Å²) < 4.78 is 11.5. The molecule has 1 aliphatic rings. The molecule has 0 aliphatic heterocycles. The van der Waals surface area contributed by atoms with E-state index in [9.17, 15) is 0 Å². The minimum atomic E-state index is 0.246. The Balaban J connectivity index is 2.05. The Morgan fingerprint density at radius 2 is 1.90 bits per heavy atom. The van der Waals surface area contributed by atoms with Crippen LogP contribution in [-0.2, 0) is 6.42 Å². The molecule has 0 heterocycles. The van der Waals surface area contributed by atoms with Crippen molar-refractivity contribution in [2.75, 3.05) is 19.5 Å². The zero-order valence-corrected chi connectivity index (χ0v) is 13.5. The number of benzene rings is 1. The second kappa shape index (κ2) is 7.26. The van der Waals surface area contributed by atoms with Crippen molar-refractivity contribution in [2.45, 2.75) is 45.4 Å². The zero-order valence-electron chi connectivity index (χ0n) is 12.7. The van der Waals surface area contributed by atoms with Crippen molar-refractivity contribution < 1.29 is 9.47 Å². The molecule has 2 rings (SSSR count). The first-order valence-electron chi connectivity index (χ1n) is 7.63. The van der Waals surface area contributed by atoms with Crippen LogP contribution in [0.3, 0.4) is 0 Å². The lowest BCUT2D eigenvalue weighted by Crippen LogP contribution is -2.33. The summed E-state index contributed by atoms with van der Waals surface area (Å²) in [5.74, 6) is 2.61. The van der Waals surface area contributed by atoms with E-state index < -0.39 is 0 Å². The minimum Gasteiger partial charge on any atom is -0.493 e. The molecule has 3 heteroatoms. The summed E-state index contributed by atoms with van der Waals surface area (Å²) in [6.45, 7) is 2.89. The second-order valence-corrected chi connectivity index (χ2v) is 6.16. The summed E-state index contributed by atoms with van der Waals surface area (Å²) in [7, 11) is 1.70. The van der Waals surface area contributed by atoms with Gasteiger partial charge in [-0.1, -0.05) is 32.3 Å². The number of ether oxygens (including phenoxy) is 2. The van der Waals surface area contributed by atoms with E-state index >= 15 is 0 Å². The molecule has 20 heavy (non-hydrogen) atoms. The number of hydrogen-bond donors (Lipinski definition) is 1. The molecule has 0 atom stereocenters. The highest BCUT2D eigenvalue weighted by Gasteiger charge is 2.31. The summed E-state index contributed by atoms with van der Waals surface area (Å²) in [5.41, 5.74) is 1.52. The molecule has 1 fully saturated rings. The highest BCUT2D eigenvalue weighted by molar-refractivity contribution is 7.80. The maximum absolute atomic E-state index is 6.09. The molecule has 0 unspecified atom stereocenters. The van der Waals surface area contributed by atoms with E-state index in [0.29, 0.717) is 0 Å². The Morgan fingerprint density at radius 1 is 1.15 bits per heavy atom. The lowest BCUT2D eigenvalue weighted by Gasteiger charge is -2.35. The van der Waals surface area contributed by atoms with Gasteiger partial charge in [0.2, 0.25) is 0 Å². The fraction of sp³-hybridized carbons (Fsp3) is 0.647. The summed E-state index contributed by atoms with van der Waals surface area (Å²) in [5, 5.41) is 0. The summed E-state index contributed by atoms with van der Waals surface area (Å²) in [6.07, 6.45) is 7.42. The van der Waals surface area contributed by atoms with Gasteiger partial charge in [0.1, 0.15) is 0 Å². The Labute approximate surface area is 128 Å². The topological polar surface area (TPSA) is 18.5 Å². The van der Waals surface area contributed by atoms with Gasteiger partial charge in [0.15, 0.2) is 11.5 Å². The average molecular weight is 294 g/mol. The molecule has 1 saturated carbocycles. The van der Waals surface area contributed by atoms with Crippen LogP contribution in [0.5, 0.6) is 11.5 Å². The number of thiol groups is 1. The van der Waals surface area contributed by atoms with Crippen LogP contribution in [-0.4, -0.2) is 19.5 Å². The Morgan fingerprint density at radius 3 is 2.50 bits per heavy atom. The molecule has 0 radical (unpaired) electrons. The maximum atomic E-state index is 6.09. The van der Waals surface area contributed by atoms with Crippen LogP contribution in [0.25, 0.3) is 0 Å². The molecule has 0 aromatic heterocycles. The van der Waals surface area contributed by atoms with E-state index in [1.165, 1.54) is 37.7 Å². The predicted molar refractivity (Wildman–Crippen MR) is 87.2 cm³/mol. The predicted octanol–water partition coefficient (Wildman–Crippen LogP) is 4.52. The Kier molecular flexibility index (Phi) is 5.64. The van der Waals surface area contributed by atoms with Gasteiger partial charge in [-0.05, 0) is 42.7 Å². The fourth-order valence-corrected chi connectivity index (χ4v) is 3.34. The third-order valence-electron chi connectivity index (χ3n) is 4.42. The van der Waals surface area contributed by atoms with Crippen molar-refractivity contribution in [2.24, 2.45) is 5.41 Å². The molecule has 112 valence electrons. The first-order chi connectivity index (χ1) is 9.73.